The largest absolute Gasteiger partial charge is 0.481 e. The minimum absolute atomic E-state index is 0.0562. The highest BCUT2D eigenvalue weighted by Gasteiger charge is 2.37. The Hall–Kier alpha value is -5.50. The fourth-order valence-corrected chi connectivity index (χ4v) is 6.11. The van der Waals surface area contributed by atoms with Gasteiger partial charge in [0.15, 0.2) is 17.3 Å². The van der Waals surface area contributed by atoms with Crippen LogP contribution in [-0.4, -0.2) is 54.2 Å². The molecule has 1 aliphatic rings. The van der Waals surface area contributed by atoms with Crippen LogP contribution >= 0.6 is 0 Å². The molecule has 3 aromatic heterocycles. The number of ether oxygens (including phenoxy) is 2. The number of fused-ring (bicyclic) bond motifs is 10. The molecular weight excluding hydrogens is 644 g/mol. The van der Waals surface area contributed by atoms with Gasteiger partial charge in [0, 0.05) is 59.1 Å². The number of aromatic amines is 2. The molecule has 14 heteroatoms. The molecule has 1 atom stereocenters. The Morgan fingerprint density at radius 1 is 1.10 bits per heavy atom. The first-order chi connectivity index (χ1) is 23.5. The lowest BCUT2D eigenvalue weighted by molar-refractivity contribution is -0.136. The maximum Gasteiger partial charge on any atom is 0.315 e. The monoisotopic (exact) mass is 674 g/mol. The first-order valence-corrected chi connectivity index (χ1v) is 15.5. The molecule has 252 valence electrons. The van der Waals surface area contributed by atoms with Crippen LogP contribution in [0.3, 0.4) is 0 Å². The SMILES string of the molecule is CC1(c2cccc(CCC(=O)O)c2)CCOCC(F)(F)c2cn(nn2)Cc2c(c(F)cc3[nH]ccc23)Oc2ccc(F)c(c2)-c2ncc1[nH]2. The number of carboxylic acid groups (broad SMARTS) is 1. The molecule has 0 saturated heterocycles. The number of rotatable bonds is 4. The van der Waals surface area contributed by atoms with Gasteiger partial charge in [-0.05, 0) is 55.2 Å². The summed E-state index contributed by atoms with van der Waals surface area (Å²) in [5.74, 6) is -5.71. The number of aromatic nitrogens is 6. The van der Waals surface area contributed by atoms with Crippen LogP contribution in [-0.2, 0) is 33.8 Å². The first kappa shape index (κ1) is 32.1. The number of benzene rings is 3. The zero-order valence-corrected chi connectivity index (χ0v) is 26.1. The van der Waals surface area contributed by atoms with Crippen LogP contribution in [0.25, 0.3) is 22.3 Å². The van der Waals surface area contributed by atoms with E-state index in [9.17, 15) is 9.90 Å². The molecule has 6 bridgehead atoms. The maximum absolute atomic E-state index is 15.6. The molecule has 10 nitrogen and oxygen atoms in total. The van der Waals surface area contributed by atoms with E-state index in [0.717, 1.165) is 17.3 Å². The second-order valence-electron chi connectivity index (χ2n) is 12.2. The summed E-state index contributed by atoms with van der Waals surface area (Å²) in [7, 11) is 0. The van der Waals surface area contributed by atoms with Gasteiger partial charge in [-0.2, -0.15) is 8.78 Å². The number of alkyl halides is 2. The molecule has 1 aliphatic heterocycles. The van der Waals surface area contributed by atoms with Crippen LogP contribution in [0.5, 0.6) is 11.5 Å². The van der Waals surface area contributed by atoms with Gasteiger partial charge in [-0.25, -0.2) is 18.4 Å². The Morgan fingerprint density at radius 2 is 1.96 bits per heavy atom. The third-order valence-corrected chi connectivity index (χ3v) is 8.90. The number of aliphatic carboxylic acids is 1. The Labute approximate surface area is 276 Å². The van der Waals surface area contributed by atoms with Gasteiger partial charge in [-0.3, -0.25) is 4.79 Å². The second-order valence-corrected chi connectivity index (χ2v) is 12.2. The molecule has 0 fully saturated rings. The van der Waals surface area contributed by atoms with Crippen LogP contribution in [0.15, 0.2) is 73.2 Å². The van der Waals surface area contributed by atoms with E-state index < -0.39 is 41.2 Å². The van der Waals surface area contributed by atoms with Gasteiger partial charge in [0.2, 0.25) is 0 Å². The summed E-state index contributed by atoms with van der Waals surface area (Å²) in [6.07, 6.45) is 4.65. The van der Waals surface area contributed by atoms with Crippen LogP contribution < -0.4 is 4.74 Å². The second kappa shape index (κ2) is 12.5. The fraction of sp³-hybridized carbons (Fsp3) is 0.257. The van der Waals surface area contributed by atoms with Crippen LogP contribution in [0.1, 0.15) is 47.8 Å². The quantitative estimate of drug-likeness (QED) is 0.170. The van der Waals surface area contributed by atoms with Crippen molar-refractivity contribution in [1.29, 1.82) is 0 Å². The van der Waals surface area contributed by atoms with Gasteiger partial charge >= 0.3 is 11.9 Å². The molecule has 3 aromatic carbocycles. The highest BCUT2D eigenvalue weighted by Crippen LogP contribution is 2.39. The third-order valence-electron chi connectivity index (χ3n) is 8.90. The number of hydrogen-bond acceptors (Lipinski definition) is 6. The average Bonchev–Trinajstić information content (AvgIpc) is 3.86. The number of H-pyrrole nitrogens is 2. The van der Waals surface area contributed by atoms with Crippen molar-refractivity contribution in [3.63, 3.8) is 0 Å². The number of imidazole rings is 1. The molecule has 1 unspecified atom stereocenters. The molecule has 4 heterocycles. The summed E-state index contributed by atoms with van der Waals surface area (Å²) in [5.41, 5.74) is 1.33. The van der Waals surface area contributed by atoms with Crippen LogP contribution in [0.4, 0.5) is 17.6 Å². The molecular formula is C35H30F4N6O4. The van der Waals surface area contributed by atoms with E-state index >= 15 is 17.6 Å². The summed E-state index contributed by atoms with van der Waals surface area (Å²) in [6, 6.07) is 14.2. The summed E-state index contributed by atoms with van der Waals surface area (Å²) < 4.78 is 74.6. The summed E-state index contributed by atoms with van der Waals surface area (Å²) in [4.78, 5) is 21.8. The van der Waals surface area contributed by atoms with Gasteiger partial charge < -0.3 is 24.5 Å². The smallest absolute Gasteiger partial charge is 0.315 e. The summed E-state index contributed by atoms with van der Waals surface area (Å²) in [6.45, 7) is 0.615. The molecule has 0 aliphatic carbocycles. The zero-order chi connectivity index (χ0) is 34.3. The zero-order valence-electron chi connectivity index (χ0n) is 26.1. The fourth-order valence-electron chi connectivity index (χ4n) is 6.11. The van der Waals surface area contributed by atoms with Crippen molar-refractivity contribution in [2.24, 2.45) is 0 Å². The number of aryl methyl sites for hydroxylation is 1. The number of nitrogens with one attached hydrogen (secondary N) is 2. The van der Waals surface area contributed by atoms with Crippen molar-refractivity contribution < 1.29 is 36.9 Å². The average molecular weight is 675 g/mol. The lowest BCUT2D eigenvalue weighted by Gasteiger charge is -2.30. The van der Waals surface area contributed by atoms with Crippen molar-refractivity contribution in [2.45, 2.75) is 44.1 Å². The predicted octanol–water partition coefficient (Wildman–Crippen LogP) is 7.10. The van der Waals surface area contributed by atoms with Crippen molar-refractivity contribution in [1.82, 2.24) is 29.9 Å². The van der Waals surface area contributed by atoms with Crippen LogP contribution in [0.2, 0.25) is 0 Å². The molecule has 7 rings (SSSR count). The Balaban J connectivity index is 1.34. The van der Waals surface area contributed by atoms with E-state index in [1.807, 2.05) is 25.1 Å². The van der Waals surface area contributed by atoms with E-state index in [1.54, 1.807) is 18.3 Å². The Morgan fingerprint density at radius 3 is 2.80 bits per heavy atom. The number of nitrogens with zero attached hydrogens (tertiary/aromatic N) is 4. The van der Waals surface area contributed by atoms with Gasteiger partial charge in [0.05, 0.1) is 18.3 Å². The van der Waals surface area contributed by atoms with Crippen molar-refractivity contribution in [3.8, 4) is 22.9 Å². The van der Waals surface area contributed by atoms with Crippen molar-refractivity contribution in [2.75, 3.05) is 13.2 Å². The maximum atomic E-state index is 15.6. The molecule has 0 spiro atoms. The number of carboxylic acids is 1. The molecule has 49 heavy (non-hydrogen) atoms. The lowest BCUT2D eigenvalue weighted by atomic mass is 9.76. The highest BCUT2D eigenvalue weighted by molar-refractivity contribution is 5.85. The van der Waals surface area contributed by atoms with E-state index in [4.69, 9.17) is 9.47 Å². The third kappa shape index (κ3) is 6.26. The Bertz CT molecular complexity index is 2180. The molecule has 3 N–H and O–H groups in total. The summed E-state index contributed by atoms with van der Waals surface area (Å²) >= 11 is 0. The van der Waals surface area contributed by atoms with Gasteiger partial charge in [0.25, 0.3) is 0 Å². The lowest BCUT2D eigenvalue weighted by Crippen LogP contribution is -2.28. The predicted molar refractivity (Wildman–Crippen MR) is 170 cm³/mol. The minimum atomic E-state index is -3.50. The van der Waals surface area contributed by atoms with E-state index in [1.165, 1.54) is 35.1 Å². The number of carbonyl (C=O) groups is 1. The normalized spacial score (nSPS) is 17.8. The first-order valence-electron chi connectivity index (χ1n) is 15.5. The van der Waals surface area contributed by atoms with Gasteiger partial charge in [-0.15, -0.1) is 5.10 Å². The Kier molecular flexibility index (Phi) is 8.19. The van der Waals surface area contributed by atoms with Crippen molar-refractivity contribution >= 4 is 16.9 Å². The number of hydrogen-bond donors (Lipinski definition) is 3. The van der Waals surface area contributed by atoms with Gasteiger partial charge in [-0.1, -0.05) is 29.5 Å². The standard InChI is InChI=1S/C35H30F4N6O4/c1-34(21-4-2-3-20(13-21)5-8-31(46)47)10-12-48-19-35(38,39)30-18-45(44-43-30)17-25-23-9-11-40-28(23)15-27(37)32(25)49-22-6-7-26(36)24(14-22)33-41-16-29(34)42-33/h2-4,6-7,9,11,13-16,18,40H,5,8,10,12,17,19H2,1H3,(H,41,42)(H,46,47). The van der Waals surface area contributed by atoms with Crippen molar-refractivity contribution in [3.05, 3.63) is 113 Å². The summed E-state index contributed by atoms with van der Waals surface area (Å²) in [5, 5.41) is 17.4. The molecule has 0 amide bonds. The minimum Gasteiger partial charge on any atom is -0.481 e. The molecule has 6 aromatic rings. The van der Waals surface area contributed by atoms with Gasteiger partial charge in [0.1, 0.15) is 24.0 Å². The molecule has 0 saturated carbocycles. The van der Waals surface area contributed by atoms with E-state index in [2.05, 4.69) is 25.3 Å². The number of halogens is 4. The van der Waals surface area contributed by atoms with E-state index in [-0.39, 0.29) is 55.3 Å². The molecule has 0 radical (unpaired) electrons. The topological polar surface area (TPSA) is 131 Å². The van der Waals surface area contributed by atoms with Crippen LogP contribution in [0, 0.1) is 11.6 Å². The van der Waals surface area contributed by atoms with E-state index in [0.29, 0.717) is 22.2 Å². The highest BCUT2D eigenvalue weighted by atomic mass is 19.3.